The normalized spacial score (nSPS) is 14.2. The molecule has 0 spiro atoms. The highest BCUT2D eigenvalue weighted by Gasteiger charge is 2.25. The number of anilines is 1. The van der Waals surface area contributed by atoms with Crippen LogP contribution in [0, 0.1) is 5.92 Å². The van der Waals surface area contributed by atoms with Crippen molar-refractivity contribution < 1.29 is 9.53 Å². The maximum absolute atomic E-state index is 12.6. The summed E-state index contributed by atoms with van der Waals surface area (Å²) in [6, 6.07) is 20.3. The van der Waals surface area contributed by atoms with E-state index in [9.17, 15) is 4.79 Å². The van der Waals surface area contributed by atoms with E-state index in [0.29, 0.717) is 0 Å². The van der Waals surface area contributed by atoms with Gasteiger partial charge in [-0.1, -0.05) is 30.3 Å². The van der Waals surface area contributed by atoms with Crippen molar-refractivity contribution in [2.75, 3.05) is 31.6 Å². The molecule has 0 saturated carbocycles. The molecule has 32 heavy (non-hydrogen) atoms. The lowest BCUT2D eigenvalue weighted by Gasteiger charge is -2.32. The second kappa shape index (κ2) is 10.8. The summed E-state index contributed by atoms with van der Waals surface area (Å²) in [6.45, 7) is 2.37. The summed E-state index contributed by atoms with van der Waals surface area (Å²) >= 11 is 0. The first-order valence-electron chi connectivity index (χ1n) is 11.3. The van der Waals surface area contributed by atoms with Crippen LogP contribution < -0.4 is 15.0 Å². The molecule has 2 heterocycles. The van der Waals surface area contributed by atoms with Gasteiger partial charge in [0.2, 0.25) is 5.91 Å². The number of amides is 1. The molecule has 166 valence electrons. The predicted octanol–water partition coefficient (Wildman–Crippen LogP) is 4.12. The molecule has 3 aromatic rings. The molecule has 0 bridgehead atoms. The van der Waals surface area contributed by atoms with Crippen LogP contribution in [-0.2, 0) is 11.2 Å². The number of rotatable bonds is 8. The van der Waals surface area contributed by atoms with E-state index in [1.807, 2.05) is 36.4 Å². The minimum absolute atomic E-state index is 0.0749. The van der Waals surface area contributed by atoms with Gasteiger partial charge in [0.05, 0.1) is 12.8 Å². The molecular weight excluding hydrogens is 400 g/mol. The molecule has 1 saturated heterocycles. The smallest absolute Gasteiger partial charge is 0.223 e. The van der Waals surface area contributed by atoms with Crippen LogP contribution in [0.25, 0.3) is 11.3 Å². The van der Waals surface area contributed by atoms with Gasteiger partial charge >= 0.3 is 0 Å². The Hall–Kier alpha value is -3.41. The van der Waals surface area contributed by atoms with E-state index < -0.39 is 0 Å². The summed E-state index contributed by atoms with van der Waals surface area (Å²) in [7, 11) is 1.66. The number of nitrogens with one attached hydrogen (secondary N) is 1. The molecule has 6 nitrogen and oxygen atoms in total. The number of carbonyl (C=O) groups is 1. The van der Waals surface area contributed by atoms with Crippen LogP contribution in [0.3, 0.4) is 0 Å². The summed E-state index contributed by atoms with van der Waals surface area (Å²) in [4.78, 5) is 23.7. The van der Waals surface area contributed by atoms with Gasteiger partial charge < -0.3 is 15.0 Å². The molecule has 0 unspecified atom stereocenters. The third kappa shape index (κ3) is 5.63. The van der Waals surface area contributed by atoms with Gasteiger partial charge in [-0.15, -0.1) is 0 Å². The van der Waals surface area contributed by atoms with E-state index in [1.165, 1.54) is 5.56 Å². The Kier molecular flexibility index (Phi) is 7.33. The molecule has 1 N–H and O–H groups in total. The summed E-state index contributed by atoms with van der Waals surface area (Å²) < 4.78 is 5.23. The molecule has 0 radical (unpaired) electrons. The number of aromatic nitrogens is 2. The third-order valence-corrected chi connectivity index (χ3v) is 6.01. The van der Waals surface area contributed by atoms with Crippen molar-refractivity contribution in [3.05, 3.63) is 72.6 Å². The Morgan fingerprint density at radius 3 is 2.53 bits per heavy atom. The fourth-order valence-corrected chi connectivity index (χ4v) is 4.10. The fraction of sp³-hybridized carbons (Fsp3) is 0.346. The third-order valence-electron chi connectivity index (χ3n) is 6.01. The first kappa shape index (κ1) is 21.8. The van der Waals surface area contributed by atoms with E-state index in [2.05, 4.69) is 44.5 Å². The van der Waals surface area contributed by atoms with Crippen molar-refractivity contribution in [2.24, 2.45) is 5.92 Å². The van der Waals surface area contributed by atoms with Crippen LogP contribution in [0.1, 0.15) is 24.8 Å². The topological polar surface area (TPSA) is 67.3 Å². The Labute approximate surface area is 189 Å². The van der Waals surface area contributed by atoms with E-state index in [4.69, 9.17) is 4.74 Å². The van der Waals surface area contributed by atoms with Crippen LogP contribution in [0.2, 0.25) is 0 Å². The second-order valence-electron chi connectivity index (χ2n) is 8.13. The van der Waals surface area contributed by atoms with E-state index in [1.54, 1.807) is 13.4 Å². The van der Waals surface area contributed by atoms with Crippen LogP contribution in [0.15, 0.2) is 67.0 Å². The molecule has 1 aliphatic heterocycles. The Bertz CT molecular complexity index is 1000. The highest BCUT2D eigenvalue weighted by molar-refractivity contribution is 5.79. The highest BCUT2D eigenvalue weighted by Crippen LogP contribution is 2.26. The molecule has 1 aliphatic rings. The highest BCUT2D eigenvalue weighted by atomic mass is 16.5. The fourth-order valence-electron chi connectivity index (χ4n) is 4.10. The molecule has 4 rings (SSSR count). The van der Waals surface area contributed by atoms with Crippen LogP contribution in [0.4, 0.5) is 5.82 Å². The number of piperidine rings is 1. The molecule has 1 amide bonds. The van der Waals surface area contributed by atoms with E-state index in [0.717, 1.165) is 68.1 Å². The first-order valence-corrected chi connectivity index (χ1v) is 11.3. The van der Waals surface area contributed by atoms with Crippen LogP contribution in [0.5, 0.6) is 5.75 Å². The summed E-state index contributed by atoms with van der Waals surface area (Å²) in [5.74, 6) is 1.99. The number of hydrogen-bond donors (Lipinski definition) is 1. The van der Waals surface area contributed by atoms with Gasteiger partial charge in [-0.2, -0.15) is 0 Å². The Morgan fingerprint density at radius 1 is 1.06 bits per heavy atom. The zero-order valence-corrected chi connectivity index (χ0v) is 18.5. The summed E-state index contributed by atoms with van der Waals surface area (Å²) in [6.07, 6.45) is 5.24. The first-order chi connectivity index (χ1) is 15.7. The van der Waals surface area contributed by atoms with Gasteiger partial charge in [0.15, 0.2) is 0 Å². The number of methoxy groups -OCH3 is 1. The molecule has 6 heteroatoms. The van der Waals surface area contributed by atoms with Gasteiger partial charge in [-0.3, -0.25) is 4.79 Å². The zero-order chi connectivity index (χ0) is 22.2. The van der Waals surface area contributed by atoms with Crippen LogP contribution >= 0.6 is 0 Å². The van der Waals surface area contributed by atoms with Gasteiger partial charge in [0, 0.05) is 37.2 Å². The molecule has 2 aromatic carbocycles. The van der Waals surface area contributed by atoms with Crippen molar-refractivity contribution in [2.45, 2.75) is 25.7 Å². The Morgan fingerprint density at radius 2 is 1.81 bits per heavy atom. The average molecular weight is 431 g/mol. The molecule has 1 fully saturated rings. The standard InChI is InChI=1S/C26H30N4O2/c1-32-23-11-9-21(10-12-23)24-18-25(29-19-28-24)30-16-13-22(14-17-30)26(31)27-15-5-8-20-6-3-2-4-7-20/h2-4,6-7,9-12,18-19,22H,5,8,13-17H2,1H3,(H,27,31). The second-order valence-corrected chi connectivity index (χ2v) is 8.13. The number of benzene rings is 2. The Balaban J connectivity index is 1.25. The number of aryl methyl sites for hydroxylation is 1. The van der Waals surface area contributed by atoms with Gasteiger partial charge in [-0.05, 0) is 55.5 Å². The summed E-state index contributed by atoms with van der Waals surface area (Å²) in [5, 5.41) is 3.12. The van der Waals surface area contributed by atoms with E-state index >= 15 is 0 Å². The van der Waals surface area contributed by atoms with Gasteiger partial charge in [-0.25, -0.2) is 9.97 Å². The molecule has 1 aromatic heterocycles. The average Bonchev–Trinajstić information content (AvgIpc) is 2.87. The number of carbonyl (C=O) groups excluding carboxylic acids is 1. The number of nitrogens with zero attached hydrogens (tertiary/aromatic N) is 3. The lowest BCUT2D eigenvalue weighted by atomic mass is 9.95. The maximum atomic E-state index is 12.6. The minimum Gasteiger partial charge on any atom is -0.497 e. The van der Waals surface area contributed by atoms with Crippen molar-refractivity contribution >= 4 is 11.7 Å². The monoisotopic (exact) mass is 430 g/mol. The van der Waals surface area contributed by atoms with Crippen LogP contribution in [-0.4, -0.2) is 42.6 Å². The zero-order valence-electron chi connectivity index (χ0n) is 18.5. The molecule has 0 aliphatic carbocycles. The predicted molar refractivity (Wildman–Crippen MR) is 127 cm³/mol. The lowest BCUT2D eigenvalue weighted by Crippen LogP contribution is -2.41. The summed E-state index contributed by atoms with van der Waals surface area (Å²) in [5.41, 5.74) is 3.23. The van der Waals surface area contributed by atoms with E-state index in [-0.39, 0.29) is 11.8 Å². The number of ether oxygens (including phenoxy) is 1. The van der Waals surface area contributed by atoms with Gasteiger partial charge in [0.25, 0.3) is 0 Å². The molecular formula is C26H30N4O2. The van der Waals surface area contributed by atoms with Crippen molar-refractivity contribution in [1.82, 2.24) is 15.3 Å². The lowest BCUT2D eigenvalue weighted by molar-refractivity contribution is -0.125. The SMILES string of the molecule is COc1ccc(-c2cc(N3CCC(C(=O)NCCCc4ccccc4)CC3)ncn2)cc1. The largest absolute Gasteiger partial charge is 0.497 e. The molecule has 0 atom stereocenters. The quantitative estimate of drug-likeness (QED) is 0.545. The maximum Gasteiger partial charge on any atom is 0.223 e. The number of hydrogen-bond acceptors (Lipinski definition) is 5. The van der Waals surface area contributed by atoms with Crippen molar-refractivity contribution in [1.29, 1.82) is 0 Å². The van der Waals surface area contributed by atoms with Crippen molar-refractivity contribution in [3.8, 4) is 17.0 Å². The minimum atomic E-state index is 0.0749. The van der Waals surface area contributed by atoms with Gasteiger partial charge in [0.1, 0.15) is 17.9 Å². The van der Waals surface area contributed by atoms with Crippen molar-refractivity contribution in [3.63, 3.8) is 0 Å².